The number of benzene rings is 1. The van der Waals surface area contributed by atoms with Crippen LogP contribution in [0.2, 0.25) is 0 Å². The molecule has 2 saturated carbocycles. The largest absolute Gasteiger partial charge is 0.311 e. The van der Waals surface area contributed by atoms with E-state index in [0.717, 1.165) is 23.3 Å². The van der Waals surface area contributed by atoms with Gasteiger partial charge in [0, 0.05) is 17.3 Å². The van der Waals surface area contributed by atoms with Gasteiger partial charge in [0.1, 0.15) is 0 Å². The number of hydrogen-bond donors (Lipinski definition) is 1. The smallest absolute Gasteiger partial charge is 0.00813 e. The molecule has 2 unspecified atom stereocenters. The fraction of sp³-hybridized carbons (Fsp3) is 0.625. The maximum absolute atomic E-state index is 3.87. The third-order valence-electron chi connectivity index (χ3n) is 4.60. The number of hydrogen-bond acceptors (Lipinski definition) is 2. The summed E-state index contributed by atoms with van der Waals surface area (Å²) in [5, 5.41) is 4.78. The molecule has 2 heteroatoms. The van der Waals surface area contributed by atoms with Crippen molar-refractivity contribution in [2.75, 3.05) is 6.26 Å². The molecule has 18 heavy (non-hydrogen) atoms. The Balaban J connectivity index is 1.43. The first kappa shape index (κ1) is 12.6. The van der Waals surface area contributed by atoms with Gasteiger partial charge in [-0.25, -0.2) is 0 Å². The summed E-state index contributed by atoms with van der Waals surface area (Å²) in [5.41, 5.74) is 1.53. The SMILES string of the molecule is CSC1CCC(NC2CC(c3ccccc3)C2)C1. The van der Waals surface area contributed by atoms with Crippen molar-refractivity contribution in [1.29, 1.82) is 0 Å². The Hall–Kier alpha value is -0.470. The molecule has 0 radical (unpaired) electrons. The lowest BCUT2D eigenvalue weighted by atomic mass is 9.75. The van der Waals surface area contributed by atoms with Gasteiger partial charge < -0.3 is 5.32 Å². The molecule has 2 fully saturated rings. The molecule has 0 bridgehead atoms. The van der Waals surface area contributed by atoms with Crippen molar-refractivity contribution in [3.8, 4) is 0 Å². The van der Waals surface area contributed by atoms with Crippen molar-refractivity contribution in [1.82, 2.24) is 5.32 Å². The molecule has 0 saturated heterocycles. The Kier molecular flexibility index (Phi) is 3.95. The zero-order chi connectivity index (χ0) is 12.4. The molecule has 2 atom stereocenters. The highest BCUT2D eigenvalue weighted by Crippen LogP contribution is 2.38. The lowest BCUT2D eigenvalue weighted by molar-refractivity contribution is 0.265. The zero-order valence-corrected chi connectivity index (χ0v) is 12.0. The molecule has 0 aromatic heterocycles. The Morgan fingerprint density at radius 3 is 2.44 bits per heavy atom. The fourth-order valence-electron chi connectivity index (χ4n) is 3.39. The predicted molar refractivity (Wildman–Crippen MR) is 80.3 cm³/mol. The monoisotopic (exact) mass is 261 g/mol. The third-order valence-corrected chi connectivity index (χ3v) is 5.69. The first-order chi connectivity index (χ1) is 8.85. The van der Waals surface area contributed by atoms with Gasteiger partial charge in [-0.2, -0.15) is 11.8 Å². The second kappa shape index (κ2) is 5.66. The van der Waals surface area contributed by atoms with E-state index in [1.54, 1.807) is 0 Å². The summed E-state index contributed by atoms with van der Waals surface area (Å²) in [5.74, 6) is 0.807. The van der Waals surface area contributed by atoms with E-state index in [0.29, 0.717) is 0 Å². The molecule has 3 rings (SSSR count). The van der Waals surface area contributed by atoms with Crippen LogP contribution in [0.15, 0.2) is 30.3 Å². The molecule has 0 aliphatic heterocycles. The van der Waals surface area contributed by atoms with E-state index < -0.39 is 0 Å². The van der Waals surface area contributed by atoms with E-state index >= 15 is 0 Å². The van der Waals surface area contributed by atoms with Crippen LogP contribution < -0.4 is 5.32 Å². The van der Waals surface area contributed by atoms with Crippen molar-refractivity contribution in [2.45, 2.75) is 55.4 Å². The highest BCUT2D eigenvalue weighted by atomic mass is 32.2. The molecule has 1 aromatic carbocycles. The van der Waals surface area contributed by atoms with Crippen LogP contribution >= 0.6 is 11.8 Å². The van der Waals surface area contributed by atoms with Crippen LogP contribution in [-0.4, -0.2) is 23.6 Å². The van der Waals surface area contributed by atoms with Gasteiger partial charge in [0.15, 0.2) is 0 Å². The highest BCUT2D eigenvalue weighted by Gasteiger charge is 2.33. The highest BCUT2D eigenvalue weighted by molar-refractivity contribution is 7.99. The van der Waals surface area contributed by atoms with E-state index in [1.165, 1.54) is 37.7 Å². The van der Waals surface area contributed by atoms with Gasteiger partial charge >= 0.3 is 0 Å². The summed E-state index contributed by atoms with van der Waals surface area (Å²) in [6, 6.07) is 12.6. The minimum Gasteiger partial charge on any atom is -0.311 e. The number of nitrogens with one attached hydrogen (secondary N) is 1. The molecule has 0 spiro atoms. The van der Waals surface area contributed by atoms with Gasteiger partial charge in [0.25, 0.3) is 0 Å². The molecule has 0 amide bonds. The maximum atomic E-state index is 3.87. The summed E-state index contributed by atoms with van der Waals surface area (Å²) in [4.78, 5) is 0. The van der Waals surface area contributed by atoms with E-state index in [1.807, 2.05) is 11.8 Å². The van der Waals surface area contributed by atoms with Gasteiger partial charge in [0.2, 0.25) is 0 Å². The van der Waals surface area contributed by atoms with Crippen LogP contribution in [0.4, 0.5) is 0 Å². The van der Waals surface area contributed by atoms with Crippen molar-refractivity contribution in [2.24, 2.45) is 0 Å². The Morgan fingerprint density at radius 2 is 1.78 bits per heavy atom. The van der Waals surface area contributed by atoms with E-state index in [4.69, 9.17) is 0 Å². The minimum atomic E-state index is 0.779. The van der Waals surface area contributed by atoms with E-state index in [2.05, 4.69) is 41.9 Å². The molecule has 2 aliphatic carbocycles. The van der Waals surface area contributed by atoms with Gasteiger partial charge in [-0.1, -0.05) is 30.3 Å². The standard InChI is InChI=1S/C16H23NS/c1-18-16-8-7-14(11-16)17-15-9-13(10-15)12-5-3-2-4-6-12/h2-6,13-17H,7-11H2,1H3. The molecule has 1 nitrogen and oxygen atoms in total. The lowest BCUT2D eigenvalue weighted by Gasteiger charge is -2.38. The molecule has 0 heterocycles. The second-order valence-electron chi connectivity index (χ2n) is 5.81. The van der Waals surface area contributed by atoms with Crippen LogP contribution in [0.25, 0.3) is 0 Å². The van der Waals surface area contributed by atoms with E-state index in [9.17, 15) is 0 Å². The average Bonchev–Trinajstić information content (AvgIpc) is 2.82. The quantitative estimate of drug-likeness (QED) is 0.884. The normalized spacial score (nSPS) is 35.4. The van der Waals surface area contributed by atoms with Crippen LogP contribution in [0.5, 0.6) is 0 Å². The topological polar surface area (TPSA) is 12.0 Å². The minimum absolute atomic E-state index is 0.779. The Morgan fingerprint density at radius 1 is 1.00 bits per heavy atom. The third kappa shape index (κ3) is 2.75. The van der Waals surface area contributed by atoms with Crippen molar-refractivity contribution < 1.29 is 0 Å². The first-order valence-corrected chi connectivity index (χ1v) is 8.47. The summed E-state index contributed by atoms with van der Waals surface area (Å²) >= 11 is 2.05. The average molecular weight is 261 g/mol. The number of rotatable bonds is 4. The van der Waals surface area contributed by atoms with Crippen molar-refractivity contribution in [3.63, 3.8) is 0 Å². The molecule has 1 aromatic rings. The van der Waals surface area contributed by atoms with Crippen LogP contribution in [0, 0.1) is 0 Å². The van der Waals surface area contributed by atoms with Gasteiger partial charge in [-0.15, -0.1) is 0 Å². The maximum Gasteiger partial charge on any atom is 0.00813 e. The van der Waals surface area contributed by atoms with Crippen LogP contribution in [-0.2, 0) is 0 Å². The number of thioether (sulfide) groups is 1. The summed E-state index contributed by atoms with van der Waals surface area (Å²) in [7, 11) is 0. The first-order valence-electron chi connectivity index (χ1n) is 7.19. The van der Waals surface area contributed by atoms with Gasteiger partial charge in [-0.3, -0.25) is 0 Å². The van der Waals surface area contributed by atoms with Gasteiger partial charge in [0.05, 0.1) is 0 Å². The Bertz CT molecular complexity index is 372. The molecule has 98 valence electrons. The van der Waals surface area contributed by atoms with E-state index in [-0.39, 0.29) is 0 Å². The molecule has 2 aliphatic rings. The summed E-state index contributed by atoms with van der Waals surface area (Å²) < 4.78 is 0. The lowest BCUT2D eigenvalue weighted by Crippen LogP contribution is -2.44. The molecular weight excluding hydrogens is 238 g/mol. The van der Waals surface area contributed by atoms with Crippen LogP contribution in [0.1, 0.15) is 43.6 Å². The summed E-state index contributed by atoms with van der Waals surface area (Å²) in [6.45, 7) is 0. The van der Waals surface area contributed by atoms with Crippen LogP contribution in [0.3, 0.4) is 0 Å². The second-order valence-corrected chi connectivity index (χ2v) is 6.95. The Labute approximate surface area is 115 Å². The predicted octanol–water partition coefficient (Wildman–Crippen LogP) is 3.81. The van der Waals surface area contributed by atoms with Gasteiger partial charge in [-0.05, 0) is 49.8 Å². The fourth-order valence-corrected chi connectivity index (χ4v) is 4.19. The summed E-state index contributed by atoms with van der Waals surface area (Å²) in [6.07, 6.45) is 9.11. The molecular formula is C16H23NS. The molecule has 1 N–H and O–H groups in total. The van der Waals surface area contributed by atoms with Crippen molar-refractivity contribution >= 4 is 11.8 Å². The zero-order valence-electron chi connectivity index (χ0n) is 11.1. The van der Waals surface area contributed by atoms with Crippen molar-refractivity contribution in [3.05, 3.63) is 35.9 Å².